The number of carboxylic acids is 1. The first kappa shape index (κ1) is 23.8. The highest BCUT2D eigenvalue weighted by molar-refractivity contribution is 7.90. The third-order valence-electron chi connectivity index (χ3n) is 3.49. The van der Waals surface area contributed by atoms with E-state index in [1.165, 1.54) is 43.5 Å². The van der Waals surface area contributed by atoms with E-state index in [4.69, 9.17) is 33.0 Å². The molecule has 1 aliphatic rings. The molecular weight excluding hydrogens is 457 g/mol. The molecule has 1 saturated carbocycles. The number of carboxylic acid groups (broad SMARTS) is 1. The second-order valence-corrected chi connectivity index (χ2v) is 9.25. The summed E-state index contributed by atoms with van der Waals surface area (Å²) >= 11 is 12.2. The van der Waals surface area contributed by atoms with Crippen LogP contribution >= 0.6 is 23.2 Å². The number of nitrogens with one attached hydrogen (secondary N) is 1. The molecule has 0 aromatic heterocycles. The third-order valence-corrected chi connectivity index (χ3v) is 5.17. The zero-order valence-corrected chi connectivity index (χ0v) is 18.1. The van der Waals surface area contributed by atoms with E-state index < -0.39 is 28.1 Å². The van der Waals surface area contributed by atoms with Crippen LogP contribution in [0.3, 0.4) is 0 Å². The lowest BCUT2D eigenvalue weighted by Gasteiger charge is -2.14. The average Bonchev–Trinajstić information content (AvgIpc) is 3.46. The summed E-state index contributed by atoms with van der Waals surface area (Å²) in [4.78, 5) is 21.8. The number of benzene rings is 2. The quantitative estimate of drug-likeness (QED) is 0.524. The number of phenolic OH excluding ortho intramolecular Hbond substituents is 1. The van der Waals surface area contributed by atoms with Crippen LogP contribution in [0.1, 0.15) is 25.7 Å². The maximum atomic E-state index is 11.9. The standard InChI is InChI=1S/C16H13Cl2NO7S.C3H6/c1-27(24,25)13-6-9(20)2-3-12(13)26-16-10(17)4-8(5-11(16)18)19-14(21)7-15(22)23;1-2-3-1/h2-6,20H,7H2,1H3,(H,19,21)(H,22,23);1-3H2. The number of halogens is 2. The highest BCUT2D eigenvalue weighted by Gasteiger charge is 2.19. The first-order chi connectivity index (χ1) is 14.0. The lowest BCUT2D eigenvalue weighted by Crippen LogP contribution is -2.15. The number of anilines is 1. The van der Waals surface area contributed by atoms with Gasteiger partial charge in [-0.1, -0.05) is 42.5 Å². The van der Waals surface area contributed by atoms with Crippen molar-refractivity contribution in [1.29, 1.82) is 0 Å². The normalized spacial score (nSPS) is 12.4. The highest BCUT2D eigenvalue weighted by Crippen LogP contribution is 2.41. The van der Waals surface area contributed by atoms with Gasteiger partial charge in [-0.15, -0.1) is 0 Å². The lowest BCUT2D eigenvalue weighted by molar-refractivity contribution is -0.139. The van der Waals surface area contributed by atoms with E-state index in [0.717, 1.165) is 12.3 Å². The van der Waals surface area contributed by atoms with Crippen LogP contribution in [0.4, 0.5) is 5.69 Å². The van der Waals surface area contributed by atoms with Crippen molar-refractivity contribution in [1.82, 2.24) is 0 Å². The Kier molecular flexibility index (Phi) is 7.94. The molecule has 2 aromatic rings. The molecule has 0 heterocycles. The summed E-state index contributed by atoms with van der Waals surface area (Å²) in [6.45, 7) is 0. The van der Waals surface area contributed by atoms with Crippen molar-refractivity contribution in [3.8, 4) is 17.2 Å². The summed E-state index contributed by atoms with van der Waals surface area (Å²) in [5.74, 6) is -2.53. The molecule has 1 amide bonds. The second-order valence-electron chi connectivity index (χ2n) is 6.45. The molecule has 1 aliphatic carbocycles. The van der Waals surface area contributed by atoms with Gasteiger partial charge in [0.15, 0.2) is 15.6 Å². The summed E-state index contributed by atoms with van der Waals surface area (Å²) in [6, 6.07) is 6.02. The van der Waals surface area contributed by atoms with Crippen molar-refractivity contribution in [2.45, 2.75) is 30.6 Å². The van der Waals surface area contributed by atoms with Gasteiger partial charge in [-0.05, 0) is 24.3 Å². The van der Waals surface area contributed by atoms with Crippen LogP contribution in [0.25, 0.3) is 0 Å². The van der Waals surface area contributed by atoms with E-state index in [2.05, 4.69) is 5.32 Å². The topological polar surface area (TPSA) is 130 Å². The van der Waals surface area contributed by atoms with E-state index in [0.29, 0.717) is 0 Å². The minimum Gasteiger partial charge on any atom is -0.508 e. The van der Waals surface area contributed by atoms with Gasteiger partial charge in [-0.2, -0.15) is 0 Å². The number of hydrogen-bond acceptors (Lipinski definition) is 6. The number of ether oxygens (including phenoxy) is 1. The van der Waals surface area contributed by atoms with Crippen LogP contribution in [0.5, 0.6) is 17.2 Å². The SMILES string of the molecule is C1CC1.CS(=O)(=O)c1cc(O)ccc1Oc1c(Cl)cc(NC(=O)CC(=O)O)cc1Cl. The maximum absolute atomic E-state index is 11.9. The molecule has 0 aliphatic heterocycles. The number of phenols is 1. The molecule has 162 valence electrons. The van der Waals surface area contributed by atoms with E-state index in [1.54, 1.807) is 0 Å². The lowest BCUT2D eigenvalue weighted by atomic mass is 10.2. The van der Waals surface area contributed by atoms with Crippen molar-refractivity contribution in [3.63, 3.8) is 0 Å². The monoisotopic (exact) mass is 475 g/mol. The summed E-state index contributed by atoms with van der Waals surface area (Å²) in [5, 5.41) is 20.3. The van der Waals surface area contributed by atoms with Gasteiger partial charge >= 0.3 is 5.97 Å². The molecule has 11 heteroatoms. The molecule has 0 atom stereocenters. The Balaban J connectivity index is 0.000000976. The van der Waals surface area contributed by atoms with Gasteiger partial charge in [0, 0.05) is 18.0 Å². The van der Waals surface area contributed by atoms with Gasteiger partial charge < -0.3 is 20.3 Å². The molecule has 1 fully saturated rings. The molecular formula is C19H19Cl2NO7S. The number of hydrogen-bond donors (Lipinski definition) is 3. The Morgan fingerprint density at radius 1 is 1.10 bits per heavy atom. The summed E-state index contributed by atoms with van der Waals surface area (Å²) in [7, 11) is -3.72. The van der Waals surface area contributed by atoms with Crippen LogP contribution in [-0.4, -0.2) is 36.8 Å². The van der Waals surface area contributed by atoms with Crippen molar-refractivity contribution in [2.75, 3.05) is 11.6 Å². The van der Waals surface area contributed by atoms with Crippen molar-refractivity contribution < 1.29 is 33.0 Å². The second kappa shape index (κ2) is 10.0. The Bertz CT molecular complexity index is 1040. The molecule has 0 unspecified atom stereocenters. The molecule has 2 aromatic carbocycles. The number of carbonyl (C=O) groups excluding carboxylic acids is 1. The summed E-state index contributed by atoms with van der Waals surface area (Å²) in [5.41, 5.74) is 0.137. The predicted octanol–water partition coefficient (Wildman–Crippen LogP) is 4.48. The minimum absolute atomic E-state index is 0.0550. The van der Waals surface area contributed by atoms with Crippen LogP contribution < -0.4 is 10.1 Å². The molecule has 30 heavy (non-hydrogen) atoms. The van der Waals surface area contributed by atoms with Gasteiger partial charge in [-0.3, -0.25) is 9.59 Å². The average molecular weight is 476 g/mol. The fourth-order valence-corrected chi connectivity index (χ4v) is 3.43. The fraction of sp³-hybridized carbons (Fsp3) is 0.263. The molecule has 0 bridgehead atoms. The van der Waals surface area contributed by atoms with Crippen molar-refractivity contribution in [2.24, 2.45) is 0 Å². The summed E-state index contributed by atoms with van der Waals surface area (Å²) < 4.78 is 29.3. The van der Waals surface area contributed by atoms with E-state index in [9.17, 15) is 23.1 Å². The predicted molar refractivity (Wildman–Crippen MR) is 112 cm³/mol. The molecule has 3 N–H and O–H groups in total. The summed E-state index contributed by atoms with van der Waals surface area (Å²) in [6.07, 6.45) is 4.71. The Labute approximate surface area is 183 Å². The molecule has 0 saturated heterocycles. The van der Waals surface area contributed by atoms with Gasteiger partial charge in [0.1, 0.15) is 22.8 Å². The van der Waals surface area contributed by atoms with Crippen LogP contribution in [0.2, 0.25) is 10.0 Å². The number of aliphatic carboxylic acids is 1. The Morgan fingerprint density at radius 2 is 1.67 bits per heavy atom. The van der Waals surface area contributed by atoms with Gasteiger partial charge in [0.25, 0.3) is 0 Å². The first-order valence-electron chi connectivity index (χ1n) is 8.69. The van der Waals surface area contributed by atoms with E-state index in [-0.39, 0.29) is 37.9 Å². The number of aromatic hydroxyl groups is 1. The molecule has 0 spiro atoms. The highest BCUT2D eigenvalue weighted by atomic mass is 35.5. The zero-order chi connectivity index (χ0) is 22.5. The molecule has 0 radical (unpaired) electrons. The number of rotatable bonds is 6. The number of sulfone groups is 1. The van der Waals surface area contributed by atoms with E-state index in [1.807, 2.05) is 0 Å². The van der Waals surface area contributed by atoms with Gasteiger partial charge in [0.05, 0.1) is 10.0 Å². The van der Waals surface area contributed by atoms with E-state index >= 15 is 0 Å². The Morgan fingerprint density at radius 3 is 2.13 bits per heavy atom. The van der Waals surface area contributed by atoms with Gasteiger partial charge in [0.2, 0.25) is 5.91 Å². The largest absolute Gasteiger partial charge is 0.508 e. The van der Waals surface area contributed by atoms with Crippen LogP contribution in [0.15, 0.2) is 35.2 Å². The zero-order valence-electron chi connectivity index (χ0n) is 15.8. The number of amides is 1. The molecule has 8 nitrogen and oxygen atoms in total. The van der Waals surface area contributed by atoms with Crippen molar-refractivity contribution >= 4 is 50.6 Å². The van der Waals surface area contributed by atoms with Gasteiger partial charge in [-0.25, -0.2) is 8.42 Å². The smallest absolute Gasteiger partial charge is 0.312 e. The van der Waals surface area contributed by atoms with Crippen LogP contribution in [0, 0.1) is 0 Å². The minimum atomic E-state index is -3.72. The van der Waals surface area contributed by atoms with Crippen molar-refractivity contribution in [3.05, 3.63) is 40.4 Å². The first-order valence-corrected chi connectivity index (χ1v) is 11.3. The van der Waals surface area contributed by atoms with Crippen LogP contribution in [-0.2, 0) is 19.4 Å². The Hall–Kier alpha value is -2.49. The third kappa shape index (κ3) is 7.40. The number of carbonyl (C=O) groups is 2. The molecule has 3 rings (SSSR count). The maximum Gasteiger partial charge on any atom is 0.312 e. The fourth-order valence-electron chi connectivity index (χ4n) is 2.05.